The third-order valence-electron chi connectivity index (χ3n) is 4.62. The van der Waals surface area contributed by atoms with Gasteiger partial charge in [0.05, 0.1) is 5.41 Å². The number of likely N-dealkylation sites (tertiary alicyclic amines) is 1. The summed E-state index contributed by atoms with van der Waals surface area (Å²) >= 11 is 1.74. The molecule has 5 heteroatoms. The van der Waals surface area contributed by atoms with E-state index < -0.39 is 0 Å². The molecule has 2 heterocycles. The fourth-order valence-electron chi connectivity index (χ4n) is 3.55. The van der Waals surface area contributed by atoms with Gasteiger partial charge in [-0.15, -0.1) is 23.7 Å². The second kappa shape index (κ2) is 6.46. The molecule has 0 spiro atoms. The molecule has 3 nitrogen and oxygen atoms in total. The van der Waals surface area contributed by atoms with Gasteiger partial charge in [-0.2, -0.15) is 0 Å². The second-order valence-corrected chi connectivity index (χ2v) is 6.87. The van der Waals surface area contributed by atoms with E-state index in [1.54, 1.807) is 11.3 Å². The molecule has 1 saturated carbocycles. The molecule has 2 aliphatic rings. The van der Waals surface area contributed by atoms with E-state index in [9.17, 15) is 4.79 Å². The topological polar surface area (TPSA) is 46.3 Å². The standard InChI is InChI=1S/C15H22N2OS.ClH/c16-12-6-9-17(11-12)14(18)15(7-2-1-3-8-15)13-5-4-10-19-13;/h4-5,10,12H,1-3,6-9,11,16H2;1H/t12-;/m1./s1. The molecule has 1 amide bonds. The number of nitrogens with two attached hydrogens (primary N) is 1. The Labute approximate surface area is 130 Å². The summed E-state index contributed by atoms with van der Waals surface area (Å²) in [6.07, 6.45) is 6.58. The zero-order chi connectivity index (χ0) is 13.3. The van der Waals surface area contributed by atoms with E-state index in [0.717, 1.165) is 32.4 Å². The summed E-state index contributed by atoms with van der Waals surface area (Å²) in [5, 5.41) is 2.09. The third-order valence-corrected chi connectivity index (χ3v) is 5.70. The molecule has 1 aliphatic carbocycles. The van der Waals surface area contributed by atoms with Crippen molar-refractivity contribution in [3.05, 3.63) is 22.4 Å². The van der Waals surface area contributed by atoms with Crippen molar-refractivity contribution < 1.29 is 4.79 Å². The largest absolute Gasteiger partial charge is 0.340 e. The van der Waals surface area contributed by atoms with Gasteiger partial charge in [-0.1, -0.05) is 25.3 Å². The zero-order valence-electron chi connectivity index (χ0n) is 11.7. The van der Waals surface area contributed by atoms with E-state index >= 15 is 0 Å². The van der Waals surface area contributed by atoms with Gasteiger partial charge in [0, 0.05) is 24.0 Å². The third kappa shape index (κ3) is 2.74. The average molecular weight is 315 g/mol. The summed E-state index contributed by atoms with van der Waals surface area (Å²) in [6.45, 7) is 1.58. The quantitative estimate of drug-likeness (QED) is 0.912. The smallest absolute Gasteiger partial charge is 0.234 e. The molecule has 3 rings (SSSR count). The molecule has 1 aliphatic heterocycles. The first kappa shape index (κ1) is 15.8. The molecule has 0 bridgehead atoms. The Bertz CT molecular complexity index is 443. The molecule has 1 saturated heterocycles. The van der Waals surface area contributed by atoms with E-state index in [-0.39, 0.29) is 23.9 Å². The highest BCUT2D eigenvalue weighted by Crippen LogP contribution is 2.43. The monoisotopic (exact) mass is 314 g/mol. The Morgan fingerprint density at radius 3 is 2.65 bits per heavy atom. The second-order valence-electron chi connectivity index (χ2n) is 5.92. The van der Waals surface area contributed by atoms with Crippen LogP contribution in [0.15, 0.2) is 17.5 Å². The number of halogens is 1. The van der Waals surface area contributed by atoms with Gasteiger partial charge in [-0.3, -0.25) is 4.79 Å². The summed E-state index contributed by atoms with van der Waals surface area (Å²) < 4.78 is 0. The Balaban J connectivity index is 0.00000147. The van der Waals surface area contributed by atoms with Crippen molar-refractivity contribution in [1.29, 1.82) is 0 Å². The molecule has 20 heavy (non-hydrogen) atoms. The molecule has 0 radical (unpaired) electrons. The summed E-state index contributed by atoms with van der Waals surface area (Å²) in [6, 6.07) is 4.39. The van der Waals surface area contributed by atoms with E-state index in [1.807, 2.05) is 4.90 Å². The van der Waals surface area contributed by atoms with Crippen LogP contribution in [0.1, 0.15) is 43.4 Å². The number of hydrogen-bond acceptors (Lipinski definition) is 3. The Morgan fingerprint density at radius 1 is 1.35 bits per heavy atom. The van der Waals surface area contributed by atoms with Crippen molar-refractivity contribution in [2.75, 3.05) is 13.1 Å². The van der Waals surface area contributed by atoms with Crippen LogP contribution in [0, 0.1) is 0 Å². The maximum atomic E-state index is 13.0. The van der Waals surface area contributed by atoms with Gasteiger partial charge >= 0.3 is 0 Å². The van der Waals surface area contributed by atoms with Gasteiger partial charge in [0.1, 0.15) is 0 Å². The first-order chi connectivity index (χ1) is 9.22. The van der Waals surface area contributed by atoms with E-state index in [2.05, 4.69) is 17.5 Å². The number of carbonyl (C=O) groups is 1. The Morgan fingerprint density at radius 2 is 2.10 bits per heavy atom. The number of rotatable bonds is 2. The lowest BCUT2D eigenvalue weighted by atomic mass is 9.72. The van der Waals surface area contributed by atoms with Crippen LogP contribution in [0.5, 0.6) is 0 Å². The van der Waals surface area contributed by atoms with E-state index in [0.29, 0.717) is 5.91 Å². The molecule has 2 fully saturated rings. The highest BCUT2D eigenvalue weighted by Gasteiger charge is 2.45. The lowest BCUT2D eigenvalue weighted by molar-refractivity contribution is -0.137. The van der Waals surface area contributed by atoms with Crippen LogP contribution < -0.4 is 5.73 Å². The normalized spacial score (nSPS) is 25.2. The zero-order valence-corrected chi connectivity index (χ0v) is 13.3. The number of amides is 1. The Kier molecular flexibility index (Phi) is 5.10. The van der Waals surface area contributed by atoms with Crippen LogP contribution in [-0.2, 0) is 10.2 Å². The maximum absolute atomic E-state index is 13.0. The summed E-state index contributed by atoms with van der Waals surface area (Å²) in [4.78, 5) is 16.3. The van der Waals surface area contributed by atoms with Crippen LogP contribution in [0.4, 0.5) is 0 Å². The highest BCUT2D eigenvalue weighted by molar-refractivity contribution is 7.10. The van der Waals surface area contributed by atoms with Gasteiger partial charge < -0.3 is 10.6 Å². The summed E-state index contributed by atoms with van der Waals surface area (Å²) in [5.41, 5.74) is 5.72. The number of carbonyl (C=O) groups excluding carboxylic acids is 1. The maximum Gasteiger partial charge on any atom is 0.234 e. The number of nitrogens with zero attached hydrogens (tertiary/aromatic N) is 1. The molecule has 2 N–H and O–H groups in total. The van der Waals surface area contributed by atoms with Crippen molar-refractivity contribution in [1.82, 2.24) is 4.90 Å². The molecule has 1 atom stereocenters. The van der Waals surface area contributed by atoms with Crippen LogP contribution in [0.25, 0.3) is 0 Å². The Hall–Kier alpha value is -0.580. The minimum Gasteiger partial charge on any atom is -0.340 e. The van der Waals surface area contributed by atoms with Gasteiger partial charge in [-0.25, -0.2) is 0 Å². The van der Waals surface area contributed by atoms with Gasteiger partial charge in [-0.05, 0) is 30.7 Å². The lowest BCUT2D eigenvalue weighted by Crippen LogP contribution is -2.47. The summed E-state index contributed by atoms with van der Waals surface area (Å²) in [5.74, 6) is 0.336. The van der Waals surface area contributed by atoms with Crippen molar-refractivity contribution in [2.45, 2.75) is 50.0 Å². The fraction of sp³-hybridized carbons (Fsp3) is 0.667. The number of hydrogen-bond donors (Lipinski definition) is 1. The molecule has 1 aromatic rings. The predicted octanol–water partition coefficient (Wildman–Crippen LogP) is 2.93. The van der Waals surface area contributed by atoms with Crippen molar-refractivity contribution in [3.63, 3.8) is 0 Å². The summed E-state index contributed by atoms with van der Waals surface area (Å²) in [7, 11) is 0. The van der Waals surface area contributed by atoms with Crippen molar-refractivity contribution in [3.8, 4) is 0 Å². The molecule has 1 aromatic heterocycles. The van der Waals surface area contributed by atoms with Crippen molar-refractivity contribution >= 4 is 29.7 Å². The van der Waals surface area contributed by atoms with Crippen LogP contribution in [0.3, 0.4) is 0 Å². The van der Waals surface area contributed by atoms with Crippen LogP contribution in [0.2, 0.25) is 0 Å². The number of thiophene rings is 1. The fourth-order valence-corrected chi connectivity index (χ4v) is 4.52. The minimum atomic E-state index is -0.240. The molecular weight excluding hydrogens is 292 g/mol. The molecular formula is C15H23ClN2OS. The molecule has 0 aromatic carbocycles. The minimum absolute atomic E-state index is 0. The first-order valence-corrected chi connectivity index (χ1v) is 8.19. The van der Waals surface area contributed by atoms with E-state index in [4.69, 9.17) is 5.73 Å². The predicted molar refractivity (Wildman–Crippen MR) is 85.5 cm³/mol. The average Bonchev–Trinajstić information content (AvgIpc) is 3.10. The van der Waals surface area contributed by atoms with Gasteiger partial charge in [0.15, 0.2) is 0 Å². The lowest BCUT2D eigenvalue weighted by Gasteiger charge is -2.38. The van der Waals surface area contributed by atoms with Gasteiger partial charge in [0.25, 0.3) is 0 Å². The van der Waals surface area contributed by atoms with Gasteiger partial charge in [0.2, 0.25) is 5.91 Å². The van der Waals surface area contributed by atoms with Crippen LogP contribution >= 0.6 is 23.7 Å². The molecule has 0 unspecified atom stereocenters. The van der Waals surface area contributed by atoms with Crippen LogP contribution in [-0.4, -0.2) is 29.9 Å². The highest BCUT2D eigenvalue weighted by atomic mass is 35.5. The first-order valence-electron chi connectivity index (χ1n) is 7.31. The van der Waals surface area contributed by atoms with Crippen molar-refractivity contribution in [2.24, 2.45) is 5.73 Å². The SMILES string of the molecule is Cl.N[C@@H]1CCN(C(=O)C2(c3cccs3)CCCCC2)C1. The molecule has 112 valence electrons. The van der Waals surface area contributed by atoms with E-state index in [1.165, 1.54) is 24.1 Å².